The number of nitrogens with zero attached hydrogens (tertiary/aromatic N) is 2. The molecule has 0 heterocycles. The number of amides is 2. The van der Waals surface area contributed by atoms with Crippen LogP contribution in [0.4, 0.5) is 4.79 Å². The molecule has 1 N–H and O–H groups in total. The third-order valence-corrected chi connectivity index (χ3v) is 2.47. The lowest BCUT2D eigenvalue weighted by Crippen LogP contribution is -2.42. The van der Waals surface area contributed by atoms with E-state index in [0.29, 0.717) is 0 Å². The first-order valence-corrected chi connectivity index (χ1v) is 5.55. The van der Waals surface area contributed by atoms with E-state index in [4.69, 9.17) is 5.11 Å². The van der Waals surface area contributed by atoms with E-state index in [-0.39, 0.29) is 31.5 Å². The average Bonchev–Trinajstić information content (AvgIpc) is 2.33. The molecule has 2 amide bonds. The molecule has 0 saturated carbocycles. The summed E-state index contributed by atoms with van der Waals surface area (Å²) in [5.41, 5.74) is 0. The number of carbonyl (C=O) groups excluding carboxylic acids is 2. The first kappa shape index (κ1) is 16.2. The molecule has 0 saturated heterocycles. The number of urea groups is 1. The van der Waals surface area contributed by atoms with Crippen LogP contribution < -0.4 is 0 Å². The summed E-state index contributed by atoms with van der Waals surface area (Å²) in [6.45, 7) is 2.01. The maximum absolute atomic E-state index is 11.8. The lowest BCUT2D eigenvalue weighted by molar-refractivity contribution is -0.145. The Hall–Kier alpha value is -1.79. The molecule has 0 aromatic heterocycles. The Morgan fingerprint density at radius 2 is 1.78 bits per heavy atom. The second-order valence-electron chi connectivity index (χ2n) is 4.15. The van der Waals surface area contributed by atoms with Gasteiger partial charge in [0.1, 0.15) is 0 Å². The minimum Gasteiger partial charge on any atom is -0.481 e. The Kier molecular flexibility index (Phi) is 6.77. The van der Waals surface area contributed by atoms with E-state index in [1.165, 1.54) is 24.0 Å². The van der Waals surface area contributed by atoms with Crippen molar-refractivity contribution in [2.45, 2.75) is 13.3 Å². The standard InChI is InChI=1S/C11H20N2O5/c1-8(10(16)18-4)7-13(3)11(17)12(2)6-5-9(14)15/h8H,5-7H2,1-4H3,(H,14,15). The second kappa shape index (κ2) is 7.52. The van der Waals surface area contributed by atoms with Crippen LogP contribution in [0.25, 0.3) is 0 Å². The van der Waals surface area contributed by atoms with Crippen LogP contribution in [-0.2, 0) is 14.3 Å². The van der Waals surface area contributed by atoms with Crippen LogP contribution in [0.3, 0.4) is 0 Å². The summed E-state index contributed by atoms with van der Waals surface area (Å²) < 4.78 is 4.56. The van der Waals surface area contributed by atoms with Gasteiger partial charge in [-0.25, -0.2) is 4.79 Å². The summed E-state index contributed by atoms with van der Waals surface area (Å²) in [5.74, 6) is -1.76. The van der Waals surface area contributed by atoms with Crippen molar-refractivity contribution in [3.8, 4) is 0 Å². The van der Waals surface area contributed by atoms with Gasteiger partial charge in [-0.3, -0.25) is 9.59 Å². The highest BCUT2D eigenvalue weighted by molar-refractivity contribution is 5.77. The summed E-state index contributed by atoms with van der Waals surface area (Å²) in [5, 5.41) is 8.52. The number of esters is 1. The highest BCUT2D eigenvalue weighted by Gasteiger charge is 2.21. The monoisotopic (exact) mass is 260 g/mol. The van der Waals surface area contributed by atoms with Crippen molar-refractivity contribution >= 4 is 18.0 Å². The van der Waals surface area contributed by atoms with Crippen LogP contribution in [0, 0.1) is 5.92 Å². The van der Waals surface area contributed by atoms with Crippen LogP contribution in [0.1, 0.15) is 13.3 Å². The van der Waals surface area contributed by atoms with E-state index in [1.54, 1.807) is 14.0 Å². The molecule has 0 rings (SSSR count). The van der Waals surface area contributed by atoms with E-state index < -0.39 is 11.9 Å². The number of carboxylic acids is 1. The summed E-state index contributed by atoms with van der Waals surface area (Å²) in [6, 6.07) is -0.327. The molecule has 0 aromatic carbocycles. The van der Waals surface area contributed by atoms with Gasteiger partial charge in [-0.05, 0) is 0 Å². The van der Waals surface area contributed by atoms with Gasteiger partial charge in [0, 0.05) is 27.2 Å². The Morgan fingerprint density at radius 3 is 2.22 bits per heavy atom. The molecule has 1 atom stereocenters. The average molecular weight is 260 g/mol. The summed E-state index contributed by atoms with van der Waals surface area (Å²) in [6.07, 6.45) is -0.108. The maximum Gasteiger partial charge on any atom is 0.319 e. The number of hydrogen-bond donors (Lipinski definition) is 1. The predicted octanol–water partition coefficient (Wildman–Crippen LogP) is 0.254. The zero-order valence-corrected chi connectivity index (χ0v) is 11.2. The van der Waals surface area contributed by atoms with Crippen LogP contribution >= 0.6 is 0 Å². The number of aliphatic carboxylic acids is 1. The SMILES string of the molecule is COC(=O)C(C)CN(C)C(=O)N(C)CCC(=O)O. The number of hydrogen-bond acceptors (Lipinski definition) is 4. The number of carbonyl (C=O) groups is 3. The fourth-order valence-electron chi connectivity index (χ4n) is 1.42. The summed E-state index contributed by atoms with van der Waals surface area (Å²) >= 11 is 0. The summed E-state index contributed by atoms with van der Waals surface area (Å²) in [4.78, 5) is 36.1. The van der Waals surface area contributed by atoms with E-state index in [0.717, 1.165) is 0 Å². The third kappa shape index (κ3) is 5.51. The third-order valence-electron chi connectivity index (χ3n) is 2.47. The highest BCUT2D eigenvalue weighted by Crippen LogP contribution is 2.03. The molecule has 0 aliphatic heterocycles. The molecule has 104 valence electrons. The molecular weight excluding hydrogens is 240 g/mol. The van der Waals surface area contributed by atoms with Crippen LogP contribution in [0.5, 0.6) is 0 Å². The normalized spacial score (nSPS) is 11.6. The molecule has 0 aromatic rings. The van der Waals surface area contributed by atoms with Gasteiger partial charge in [0.2, 0.25) is 0 Å². The van der Waals surface area contributed by atoms with E-state index in [2.05, 4.69) is 4.74 Å². The molecule has 0 aliphatic rings. The van der Waals surface area contributed by atoms with Gasteiger partial charge < -0.3 is 19.6 Å². The minimum absolute atomic E-state index is 0.108. The molecule has 18 heavy (non-hydrogen) atoms. The van der Waals surface area contributed by atoms with Gasteiger partial charge in [0.15, 0.2) is 0 Å². The van der Waals surface area contributed by atoms with Crippen molar-refractivity contribution in [2.24, 2.45) is 5.92 Å². The van der Waals surface area contributed by atoms with Crippen LogP contribution in [0.2, 0.25) is 0 Å². The number of carboxylic acid groups (broad SMARTS) is 1. The van der Waals surface area contributed by atoms with E-state index >= 15 is 0 Å². The molecular formula is C11H20N2O5. The Labute approximate surface area is 106 Å². The van der Waals surface area contributed by atoms with Gasteiger partial charge in [0.25, 0.3) is 0 Å². The molecule has 7 nitrogen and oxygen atoms in total. The fourth-order valence-corrected chi connectivity index (χ4v) is 1.42. The smallest absolute Gasteiger partial charge is 0.319 e. The molecule has 0 radical (unpaired) electrons. The van der Waals surface area contributed by atoms with Crippen molar-refractivity contribution in [2.75, 3.05) is 34.3 Å². The number of rotatable bonds is 6. The van der Waals surface area contributed by atoms with Gasteiger partial charge in [-0.1, -0.05) is 6.92 Å². The number of methoxy groups -OCH3 is 1. The maximum atomic E-state index is 11.8. The van der Waals surface area contributed by atoms with Crippen LogP contribution in [-0.4, -0.2) is 67.2 Å². The topological polar surface area (TPSA) is 87.2 Å². The van der Waals surface area contributed by atoms with E-state index in [9.17, 15) is 14.4 Å². The zero-order valence-electron chi connectivity index (χ0n) is 11.2. The lowest BCUT2D eigenvalue weighted by atomic mass is 10.2. The first-order chi connectivity index (χ1) is 8.29. The van der Waals surface area contributed by atoms with Crippen molar-refractivity contribution in [3.05, 3.63) is 0 Å². The van der Waals surface area contributed by atoms with Crippen molar-refractivity contribution in [3.63, 3.8) is 0 Å². The zero-order chi connectivity index (χ0) is 14.3. The van der Waals surface area contributed by atoms with Crippen LogP contribution in [0.15, 0.2) is 0 Å². The first-order valence-electron chi connectivity index (χ1n) is 5.55. The quantitative estimate of drug-likeness (QED) is 0.692. The van der Waals surface area contributed by atoms with E-state index in [1.807, 2.05) is 0 Å². The molecule has 0 spiro atoms. The molecule has 0 aliphatic carbocycles. The predicted molar refractivity (Wildman–Crippen MR) is 64.1 cm³/mol. The minimum atomic E-state index is -0.958. The molecule has 0 bridgehead atoms. The Balaban J connectivity index is 4.24. The highest BCUT2D eigenvalue weighted by atomic mass is 16.5. The number of ether oxygens (including phenoxy) is 1. The van der Waals surface area contributed by atoms with Gasteiger partial charge >= 0.3 is 18.0 Å². The van der Waals surface area contributed by atoms with Gasteiger partial charge in [0.05, 0.1) is 19.4 Å². The summed E-state index contributed by atoms with van der Waals surface area (Å²) in [7, 11) is 4.36. The largest absolute Gasteiger partial charge is 0.481 e. The molecule has 0 fully saturated rings. The van der Waals surface area contributed by atoms with Crippen molar-refractivity contribution in [1.82, 2.24) is 9.80 Å². The molecule has 1 unspecified atom stereocenters. The van der Waals surface area contributed by atoms with Crippen molar-refractivity contribution < 1.29 is 24.2 Å². The lowest BCUT2D eigenvalue weighted by Gasteiger charge is -2.26. The Bertz CT molecular complexity index is 319. The molecule has 7 heteroatoms. The fraction of sp³-hybridized carbons (Fsp3) is 0.727. The van der Waals surface area contributed by atoms with Gasteiger partial charge in [-0.2, -0.15) is 0 Å². The van der Waals surface area contributed by atoms with Gasteiger partial charge in [-0.15, -0.1) is 0 Å². The second-order valence-corrected chi connectivity index (χ2v) is 4.15. The van der Waals surface area contributed by atoms with Crippen molar-refractivity contribution in [1.29, 1.82) is 0 Å². The Morgan fingerprint density at radius 1 is 1.22 bits per heavy atom.